The van der Waals surface area contributed by atoms with Gasteiger partial charge in [-0.25, -0.2) is 13.1 Å². The Morgan fingerprint density at radius 3 is 2.12 bits per heavy atom. The first-order valence-corrected chi connectivity index (χ1v) is 15.7. The summed E-state index contributed by atoms with van der Waals surface area (Å²) in [4.78, 5) is 28.9. The SMILES string of the molecule is Cl.NCc1ccc(CC(NC(=O)CC(NS(=O)(=O)c2ccc3ccccc3c2)c2ccccc2)C(=O)N2CCCC2)cc1. The second-order valence-corrected chi connectivity index (χ2v) is 12.4. The average Bonchev–Trinajstić information content (AvgIpc) is 3.56. The van der Waals surface area contributed by atoms with Gasteiger partial charge in [-0.15, -0.1) is 12.4 Å². The van der Waals surface area contributed by atoms with Crippen LogP contribution in [0.15, 0.2) is 102 Å². The number of hydrogen-bond acceptors (Lipinski definition) is 5. The van der Waals surface area contributed by atoms with E-state index in [2.05, 4.69) is 10.0 Å². The minimum absolute atomic E-state index is 0. The Balaban J connectivity index is 0.00000423. The highest BCUT2D eigenvalue weighted by Crippen LogP contribution is 2.24. The van der Waals surface area contributed by atoms with Gasteiger partial charge >= 0.3 is 0 Å². The van der Waals surface area contributed by atoms with E-state index in [1.807, 2.05) is 54.6 Å². The number of hydrogen-bond donors (Lipinski definition) is 3. The number of sulfonamides is 1. The minimum Gasteiger partial charge on any atom is -0.344 e. The predicted molar refractivity (Wildman–Crippen MR) is 171 cm³/mol. The van der Waals surface area contributed by atoms with Gasteiger partial charge in [0.2, 0.25) is 21.8 Å². The van der Waals surface area contributed by atoms with Crippen LogP contribution in [-0.4, -0.2) is 44.3 Å². The number of amides is 2. The monoisotopic (exact) mass is 620 g/mol. The maximum atomic E-state index is 13.5. The minimum atomic E-state index is -3.97. The summed E-state index contributed by atoms with van der Waals surface area (Å²) < 4.78 is 29.8. The van der Waals surface area contributed by atoms with Gasteiger partial charge in [0.15, 0.2) is 0 Å². The quantitative estimate of drug-likeness (QED) is 0.228. The molecule has 1 fully saturated rings. The average molecular weight is 621 g/mol. The van der Waals surface area contributed by atoms with Crippen molar-refractivity contribution < 1.29 is 18.0 Å². The molecule has 226 valence electrons. The van der Waals surface area contributed by atoms with Crippen LogP contribution in [0, 0.1) is 0 Å². The van der Waals surface area contributed by atoms with E-state index in [0.717, 1.165) is 34.7 Å². The van der Waals surface area contributed by atoms with Crippen LogP contribution >= 0.6 is 12.4 Å². The van der Waals surface area contributed by atoms with Gasteiger partial charge < -0.3 is 16.0 Å². The van der Waals surface area contributed by atoms with Crippen LogP contribution < -0.4 is 15.8 Å². The first-order chi connectivity index (χ1) is 20.3. The van der Waals surface area contributed by atoms with E-state index in [-0.39, 0.29) is 29.6 Å². The van der Waals surface area contributed by atoms with Gasteiger partial charge in [-0.1, -0.05) is 84.9 Å². The normalized spacial score (nSPS) is 14.6. The Labute approximate surface area is 259 Å². The van der Waals surface area contributed by atoms with E-state index in [1.165, 1.54) is 0 Å². The molecule has 8 nitrogen and oxygen atoms in total. The van der Waals surface area contributed by atoms with Crippen molar-refractivity contribution in [3.05, 3.63) is 114 Å². The van der Waals surface area contributed by atoms with E-state index in [1.54, 1.807) is 47.4 Å². The Morgan fingerprint density at radius 1 is 0.814 bits per heavy atom. The van der Waals surface area contributed by atoms with Crippen LogP contribution in [0.5, 0.6) is 0 Å². The van der Waals surface area contributed by atoms with Gasteiger partial charge in [0, 0.05) is 32.5 Å². The zero-order valence-corrected chi connectivity index (χ0v) is 25.4. The molecule has 1 aliphatic heterocycles. The van der Waals surface area contributed by atoms with Crippen molar-refractivity contribution in [3.8, 4) is 0 Å². The molecule has 0 bridgehead atoms. The fourth-order valence-corrected chi connectivity index (χ4v) is 6.61. The predicted octanol–water partition coefficient (Wildman–Crippen LogP) is 4.48. The molecule has 2 unspecified atom stereocenters. The molecule has 1 aliphatic rings. The fourth-order valence-electron chi connectivity index (χ4n) is 5.35. The number of fused-ring (bicyclic) bond motifs is 1. The number of halogens is 1. The molecule has 2 amide bonds. The zero-order chi connectivity index (χ0) is 29.5. The van der Waals surface area contributed by atoms with Crippen molar-refractivity contribution >= 4 is 45.0 Å². The van der Waals surface area contributed by atoms with Crippen molar-refractivity contribution in [3.63, 3.8) is 0 Å². The zero-order valence-electron chi connectivity index (χ0n) is 23.8. The van der Waals surface area contributed by atoms with E-state index in [9.17, 15) is 18.0 Å². The number of likely N-dealkylation sites (tertiary alicyclic amines) is 1. The second-order valence-electron chi connectivity index (χ2n) is 10.7. The van der Waals surface area contributed by atoms with E-state index in [4.69, 9.17) is 5.73 Å². The Morgan fingerprint density at radius 2 is 1.44 bits per heavy atom. The summed E-state index contributed by atoms with van der Waals surface area (Å²) in [6.07, 6.45) is 2.02. The highest BCUT2D eigenvalue weighted by Gasteiger charge is 2.30. The summed E-state index contributed by atoms with van der Waals surface area (Å²) in [7, 11) is -3.97. The number of nitrogens with one attached hydrogen (secondary N) is 2. The van der Waals surface area contributed by atoms with Crippen molar-refractivity contribution in [2.24, 2.45) is 5.73 Å². The van der Waals surface area contributed by atoms with E-state index >= 15 is 0 Å². The number of carbonyl (C=O) groups excluding carboxylic acids is 2. The van der Waals surface area contributed by atoms with Gasteiger partial charge in [0.25, 0.3) is 0 Å². The summed E-state index contributed by atoms with van der Waals surface area (Å²) in [6, 6.07) is 27.6. The maximum absolute atomic E-state index is 13.5. The summed E-state index contributed by atoms with van der Waals surface area (Å²) in [5.41, 5.74) is 8.27. The third kappa shape index (κ3) is 8.20. The summed E-state index contributed by atoms with van der Waals surface area (Å²) in [6.45, 7) is 1.74. The first kappa shape index (κ1) is 32.2. The maximum Gasteiger partial charge on any atom is 0.245 e. The van der Waals surface area contributed by atoms with Crippen LogP contribution in [0.25, 0.3) is 10.8 Å². The Bertz CT molecular complexity index is 1640. The number of nitrogens with zero attached hydrogens (tertiary/aromatic N) is 1. The summed E-state index contributed by atoms with van der Waals surface area (Å²) >= 11 is 0. The third-order valence-corrected chi connectivity index (χ3v) is 9.14. The molecule has 1 saturated heterocycles. The van der Waals surface area contributed by atoms with Gasteiger partial charge in [-0.3, -0.25) is 9.59 Å². The van der Waals surface area contributed by atoms with Gasteiger partial charge in [0.05, 0.1) is 10.9 Å². The number of rotatable bonds is 11. The Hall–Kier alpha value is -3.76. The highest BCUT2D eigenvalue weighted by molar-refractivity contribution is 7.89. The lowest BCUT2D eigenvalue weighted by atomic mass is 10.0. The molecule has 1 heterocycles. The number of carbonyl (C=O) groups is 2. The summed E-state index contributed by atoms with van der Waals surface area (Å²) in [5.74, 6) is -0.544. The topological polar surface area (TPSA) is 122 Å². The molecule has 4 N–H and O–H groups in total. The molecule has 43 heavy (non-hydrogen) atoms. The molecule has 4 aromatic carbocycles. The summed E-state index contributed by atoms with van der Waals surface area (Å²) in [5, 5.41) is 4.67. The molecule has 0 aliphatic carbocycles. The highest BCUT2D eigenvalue weighted by atomic mass is 35.5. The number of nitrogens with two attached hydrogens (primary N) is 1. The lowest BCUT2D eigenvalue weighted by molar-refractivity contribution is -0.135. The smallest absolute Gasteiger partial charge is 0.245 e. The molecular weight excluding hydrogens is 584 g/mol. The van der Waals surface area contributed by atoms with Gasteiger partial charge in [0.1, 0.15) is 6.04 Å². The molecule has 0 aromatic heterocycles. The van der Waals surface area contributed by atoms with E-state index in [0.29, 0.717) is 31.6 Å². The largest absolute Gasteiger partial charge is 0.344 e. The van der Waals surface area contributed by atoms with Gasteiger partial charge in [-0.05, 0) is 52.4 Å². The fraction of sp³-hybridized carbons (Fsp3) is 0.273. The third-order valence-electron chi connectivity index (χ3n) is 7.67. The van der Waals surface area contributed by atoms with Crippen LogP contribution in [-0.2, 0) is 32.6 Å². The van der Waals surface area contributed by atoms with Crippen LogP contribution in [0.3, 0.4) is 0 Å². The van der Waals surface area contributed by atoms with Crippen LogP contribution in [0.4, 0.5) is 0 Å². The van der Waals surface area contributed by atoms with Crippen LogP contribution in [0.2, 0.25) is 0 Å². The molecule has 0 saturated carbocycles. The second kappa shape index (κ2) is 14.6. The van der Waals surface area contributed by atoms with Crippen molar-refractivity contribution in [1.82, 2.24) is 14.9 Å². The standard InChI is InChI=1S/C33H36N4O4S.ClH/c34-23-25-14-12-24(13-15-25)20-31(33(39)37-18-6-7-19-37)35-32(38)22-30(27-9-2-1-3-10-27)36-42(40,41)29-17-16-26-8-4-5-11-28(26)21-29;/h1-5,8-17,21,30-31,36H,6-7,18-20,22-23,34H2,(H,35,38);1H. The first-order valence-electron chi connectivity index (χ1n) is 14.2. The molecule has 10 heteroatoms. The number of benzene rings is 4. The lowest BCUT2D eigenvalue weighted by Crippen LogP contribution is -2.49. The van der Waals surface area contributed by atoms with Crippen LogP contribution in [0.1, 0.15) is 42.0 Å². The molecule has 2 atom stereocenters. The molecular formula is C33H37ClN4O4S. The molecule has 5 rings (SSSR count). The molecule has 0 spiro atoms. The lowest BCUT2D eigenvalue weighted by Gasteiger charge is -2.25. The van der Waals surface area contributed by atoms with Crippen molar-refractivity contribution in [1.29, 1.82) is 0 Å². The van der Waals surface area contributed by atoms with Crippen molar-refractivity contribution in [2.45, 2.75) is 49.2 Å². The molecule has 4 aromatic rings. The molecule has 0 radical (unpaired) electrons. The Kier molecular flexibility index (Phi) is 10.9. The van der Waals surface area contributed by atoms with Crippen molar-refractivity contribution in [2.75, 3.05) is 13.1 Å². The van der Waals surface area contributed by atoms with Gasteiger partial charge in [-0.2, -0.15) is 0 Å². The van der Waals surface area contributed by atoms with E-state index < -0.39 is 28.0 Å².